The Labute approximate surface area is 132 Å². The summed E-state index contributed by atoms with van der Waals surface area (Å²) in [6.45, 7) is 6.90. The number of rotatable bonds is 5. The highest BCUT2D eigenvalue weighted by Crippen LogP contribution is 2.20. The van der Waals surface area contributed by atoms with Crippen LogP contribution in [0.25, 0.3) is 0 Å². The minimum Gasteiger partial charge on any atom is -0.368 e. The molecule has 2 rings (SSSR count). The summed E-state index contributed by atoms with van der Waals surface area (Å²) in [5.41, 5.74) is 1.94. The molecule has 22 heavy (non-hydrogen) atoms. The minimum atomic E-state index is -0.0630. The molecule has 0 bridgehead atoms. The normalized spacial score (nSPS) is 14.8. The number of amides is 2. The van der Waals surface area contributed by atoms with Crippen LogP contribution in [0.5, 0.6) is 0 Å². The van der Waals surface area contributed by atoms with Gasteiger partial charge in [-0.2, -0.15) is 0 Å². The molecule has 0 aliphatic carbocycles. The summed E-state index contributed by atoms with van der Waals surface area (Å²) in [6, 6.07) is 7.85. The van der Waals surface area contributed by atoms with E-state index in [-0.39, 0.29) is 11.8 Å². The van der Waals surface area contributed by atoms with Crippen LogP contribution in [0.3, 0.4) is 0 Å². The van der Waals surface area contributed by atoms with Crippen LogP contribution in [0.1, 0.15) is 33.1 Å². The molecular weight excluding hydrogens is 278 g/mol. The number of carbonyl (C=O) groups excluding carboxylic acids is 2. The third-order valence-electron chi connectivity index (χ3n) is 3.93. The topological polar surface area (TPSA) is 52.7 Å². The number of piperazine rings is 1. The van der Waals surface area contributed by atoms with Crippen molar-refractivity contribution in [3.05, 3.63) is 24.3 Å². The lowest BCUT2D eigenvalue weighted by Crippen LogP contribution is -2.48. The van der Waals surface area contributed by atoms with Crippen LogP contribution in [0.4, 0.5) is 11.4 Å². The van der Waals surface area contributed by atoms with Gasteiger partial charge in [-0.1, -0.05) is 13.3 Å². The van der Waals surface area contributed by atoms with E-state index in [1.54, 1.807) is 0 Å². The second-order valence-electron chi connectivity index (χ2n) is 5.70. The van der Waals surface area contributed by atoms with E-state index in [4.69, 9.17) is 0 Å². The first-order valence-electron chi connectivity index (χ1n) is 8.00. The van der Waals surface area contributed by atoms with E-state index in [2.05, 4.69) is 17.1 Å². The second-order valence-corrected chi connectivity index (χ2v) is 5.70. The zero-order valence-corrected chi connectivity index (χ0v) is 13.5. The van der Waals surface area contributed by atoms with Crippen molar-refractivity contribution in [2.45, 2.75) is 33.1 Å². The molecule has 0 aromatic heterocycles. The van der Waals surface area contributed by atoms with Gasteiger partial charge in [0.25, 0.3) is 0 Å². The highest BCUT2D eigenvalue weighted by Gasteiger charge is 2.20. The molecule has 0 unspecified atom stereocenters. The first kappa shape index (κ1) is 16.3. The van der Waals surface area contributed by atoms with Gasteiger partial charge in [0.05, 0.1) is 0 Å². The average molecular weight is 303 g/mol. The molecule has 0 radical (unpaired) electrons. The van der Waals surface area contributed by atoms with Gasteiger partial charge in [0, 0.05) is 50.9 Å². The number of hydrogen-bond acceptors (Lipinski definition) is 3. The highest BCUT2D eigenvalue weighted by atomic mass is 16.2. The fourth-order valence-electron chi connectivity index (χ4n) is 2.66. The summed E-state index contributed by atoms with van der Waals surface area (Å²) in [7, 11) is 0. The average Bonchev–Trinajstić information content (AvgIpc) is 2.53. The maximum Gasteiger partial charge on any atom is 0.222 e. The van der Waals surface area contributed by atoms with Gasteiger partial charge >= 0.3 is 0 Å². The Kier molecular flexibility index (Phi) is 5.81. The van der Waals surface area contributed by atoms with Crippen molar-refractivity contribution in [3.8, 4) is 0 Å². The molecule has 1 aromatic rings. The predicted molar refractivity (Wildman–Crippen MR) is 89.1 cm³/mol. The molecular formula is C17H25N3O2. The van der Waals surface area contributed by atoms with Crippen molar-refractivity contribution in [1.82, 2.24) is 4.90 Å². The maximum atomic E-state index is 12.0. The molecule has 0 saturated carbocycles. The van der Waals surface area contributed by atoms with Gasteiger partial charge in [-0.3, -0.25) is 9.59 Å². The highest BCUT2D eigenvalue weighted by molar-refractivity contribution is 5.88. The predicted octanol–water partition coefficient (Wildman–Crippen LogP) is 2.48. The molecule has 120 valence electrons. The van der Waals surface area contributed by atoms with Gasteiger partial charge in [0.1, 0.15) is 0 Å². The lowest BCUT2D eigenvalue weighted by molar-refractivity contribution is -0.131. The molecule has 5 nitrogen and oxygen atoms in total. The Bertz CT molecular complexity index is 505. The van der Waals surface area contributed by atoms with Gasteiger partial charge < -0.3 is 15.1 Å². The zero-order chi connectivity index (χ0) is 15.9. The summed E-state index contributed by atoms with van der Waals surface area (Å²) < 4.78 is 0. The van der Waals surface area contributed by atoms with Gasteiger partial charge in [-0.15, -0.1) is 0 Å². The molecule has 1 fully saturated rings. The maximum absolute atomic E-state index is 12.0. The number of benzene rings is 1. The molecule has 0 atom stereocenters. The van der Waals surface area contributed by atoms with Crippen LogP contribution in [-0.4, -0.2) is 42.9 Å². The van der Waals surface area contributed by atoms with Gasteiger partial charge in [-0.25, -0.2) is 0 Å². The Hall–Kier alpha value is -2.04. The van der Waals surface area contributed by atoms with Crippen molar-refractivity contribution >= 4 is 23.2 Å². The minimum absolute atomic E-state index is 0.0630. The lowest BCUT2D eigenvalue weighted by Gasteiger charge is -2.36. The Morgan fingerprint density at radius 3 is 2.27 bits per heavy atom. The number of carbonyl (C=O) groups is 2. The molecule has 1 N–H and O–H groups in total. The zero-order valence-electron chi connectivity index (χ0n) is 13.5. The van der Waals surface area contributed by atoms with E-state index in [9.17, 15) is 9.59 Å². The third-order valence-corrected chi connectivity index (χ3v) is 3.93. The number of nitrogens with one attached hydrogen (secondary N) is 1. The fourth-order valence-corrected chi connectivity index (χ4v) is 2.66. The van der Waals surface area contributed by atoms with Crippen LogP contribution in [0, 0.1) is 0 Å². The van der Waals surface area contributed by atoms with Gasteiger partial charge in [0.15, 0.2) is 0 Å². The number of anilines is 2. The Balaban J connectivity index is 1.86. The quantitative estimate of drug-likeness (QED) is 0.909. The van der Waals surface area contributed by atoms with Crippen LogP contribution >= 0.6 is 0 Å². The smallest absolute Gasteiger partial charge is 0.222 e. The van der Waals surface area contributed by atoms with E-state index in [1.165, 1.54) is 6.92 Å². The van der Waals surface area contributed by atoms with Crippen molar-refractivity contribution in [1.29, 1.82) is 0 Å². The molecule has 1 heterocycles. The van der Waals surface area contributed by atoms with Gasteiger partial charge in [0.2, 0.25) is 11.8 Å². The third kappa shape index (κ3) is 4.48. The molecule has 2 amide bonds. The Morgan fingerprint density at radius 2 is 1.73 bits per heavy atom. The summed E-state index contributed by atoms with van der Waals surface area (Å²) in [4.78, 5) is 27.3. The van der Waals surface area contributed by atoms with Crippen LogP contribution < -0.4 is 10.2 Å². The van der Waals surface area contributed by atoms with E-state index in [1.807, 2.05) is 29.2 Å². The van der Waals surface area contributed by atoms with Crippen molar-refractivity contribution in [2.24, 2.45) is 0 Å². The van der Waals surface area contributed by atoms with Crippen molar-refractivity contribution < 1.29 is 9.59 Å². The summed E-state index contributed by atoms with van der Waals surface area (Å²) in [5, 5.41) is 2.77. The van der Waals surface area contributed by atoms with Crippen molar-refractivity contribution in [2.75, 3.05) is 36.4 Å². The lowest BCUT2D eigenvalue weighted by atomic mass is 10.2. The number of unbranched alkanes of at least 4 members (excludes halogenated alkanes) is 1. The van der Waals surface area contributed by atoms with E-state index >= 15 is 0 Å². The number of hydrogen-bond donors (Lipinski definition) is 1. The number of nitrogens with zero attached hydrogens (tertiary/aromatic N) is 2. The molecule has 1 aliphatic heterocycles. The SMILES string of the molecule is CCCCC(=O)N1CCN(c2ccc(NC(C)=O)cc2)CC1. The molecule has 1 saturated heterocycles. The van der Waals surface area contributed by atoms with E-state index in [0.29, 0.717) is 6.42 Å². The standard InChI is InChI=1S/C17H25N3O2/c1-3-4-5-17(22)20-12-10-19(11-13-20)16-8-6-15(7-9-16)18-14(2)21/h6-9H,3-5,10-13H2,1-2H3,(H,18,21). The fraction of sp³-hybridized carbons (Fsp3) is 0.529. The molecule has 0 spiro atoms. The summed E-state index contributed by atoms with van der Waals surface area (Å²) >= 11 is 0. The Morgan fingerprint density at radius 1 is 1.09 bits per heavy atom. The van der Waals surface area contributed by atoms with Crippen molar-refractivity contribution in [3.63, 3.8) is 0 Å². The van der Waals surface area contributed by atoms with E-state index < -0.39 is 0 Å². The van der Waals surface area contributed by atoms with Crippen LogP contribution in [-0.2, 0) is 9.59 Å². The second kappa shape index (κ2) is 7.82. The largest absolute Gasteiger partial charge is 0.368 e. The van der Waals surface area contributed by atoms with E-state index in [0.717, 1.165) is 50.4 Å². The van der Waals surface area contributed by atoms with Crippen LogP contribution in [0.15, 0.2) is 24.3 Å². The summed E-state index contributed by atoms with van der Waals surface area (Å²) in [6.07, 6.45) is 2.71. The molecule has 1 aromatic carbocycles. The molecule has 5 heteroatoms. The first-order chi connectivity index (χ1) is 10.6. The van der Waals surface area contributed by atoms with Gasteiger partial charge in [-0.05, 0) is 30.7 Å². The monoisotopic (exact) mass is 303 g/mol. The summed E-state index contributed by atoms with van der Waals surface area (Å²) in [5.74, 6) is 0.217. The molecule has 1 aliphatic rings. The first-order valence-corrected chi connectivity index (χ1v) is 8.00. The van der Waals surface area contributed by atoms with Crippen LogP contribution in [0.2, 0.25) is 0 Å².